The van der Waals surface area contributed by atoms with Gasteiger partial charge in [0.1, 0.15) is 0 Å². The van der Waals surface area contributed by atoms with E-state index in [0.717, 1.165) is 0 Å². The van der Waals surface area contributed by atoms with Gasteiger partial charge in [-0.3, -0.25) is 9.59 Å². The summed E-state index contributed by atoms with van der Waals surface area (Å²) in [5, 5.41) is 0. The summed E-state index contributed by atoms with van der Waals surface area (Å²) in [6.45, 7) is 0. The van der Waals surface area contributed by atoms with Crippen molar-refractivity contribution in [2.75, 3.05) is 0 Å². The highest BCUT2D eigenvalue weighted by molar-refractivity contribution is 6.87. The van der Waals surface area contributed by atoms with E-state index in [1.54, 1.807) is 0 Å². The first-order chi connectivity index (χ1) is 5.56. The van der Waals surface area contributed by atoms with Crippen molar-refractivity contribution in [1.82, 2.24) is 0 Å². The third-order valence-corrected chi connectivity index (χ3v) is 4.43. The number of halogens is 6. The summed E-state index contributed by atoms with van der Waals surface area (Å²) in [4.78, 5) is 22.5. The van der Waals surface area contributed by atoms with Gasteiger partial charge in [-0.05, 0) is 0 Å². The molecule has 0 atom stereocenters. The molecule has 0 bridgehead atoms. The third kappa shape index (κ3) is 1.38. The lowest BCUT2D eigenvalue weighted by Crippen LogP contribution is -2.38. The molecule has 13 heavy (non-hydrogen) atoms. The summed E-state index contributed by atoms with van der Waals surface area (Å²) >= 11 is 32.5. The molecule has 0 saturated heterocycles. The van der Waals surface area contributed by atoms with Gasteiger partial charge in [0.25, 0.3) is 0 Å². The molecule has 0 aromatic carbocycles. The van der Waals surface area contributed by atoms with Gasteiger partial charge in [-0.1, -0.05) is 69.6 Å². The lowest BCUT2D eigenvalue weighted by Gasteiger charge is -2.19. The molecule has 0 amide bonds. The van der Waals surface area contributed by atoms with Gasteiger partial charge in [0, 0.05) is 0 Å². The van der Waals surface area contributed by atoms with E-state index < -0.39 is 24.6 Å². The predicted molar refractivity (Wildman–Crippen MR) is 53.3 cm³/mol. The molecule has 0 aliphatic heterocycles. The van der Waals surface area contributed by atoms with Crippen LogP contribution in [0, 0.1) is 0 Å². The zero-order chi connectivity index (χ0) is 10.7. The van der Waals surface area contributed by atoms with Crippen molar-refractivity contribution >= 4 is 81.2 Å². The maximum Gasteiger partial charge on any atom is 0.239 e. The number of carbonyl (C=O) groups is 2. The van der Waals surface area contributed by atoms with Crippen LogP contribution >= 0.6 is 69.6 Å². The highest BCUT2D eigenvalue weighted by Gasteiger charge is 2.74. The SMILES string of the molecule is O=C1C(Cl)(Cl)C(=O)C(Cl)(Cl)C1(Cl)Cl. The minimum atomic E-state index is -2.38. The van der Waals surface area contributed by atoms with Crippen LogP contribution in [-0.4, -0.2) is 24.6 Å². The van der Waals surface area contributed by atoms with Crippen LogP contribution in [0.3, 0.4) is 0 Å². The maximum atomic E-state index is 11.3. The second-order valence-corrected chi connectivity index (χ2v) is 6.36. The van der Waals surface area contributed by atoms with Crippen LogP contribution in [-0.2, 0) is 9.59 Å². The standard InChI is InChI=1S/C5Cl6O2/c6-3(7)1(12)4(8,9)5(10,11)2(3)13. The molecule has 1 fully saturated rings. The van der Waals surface area contributed by atoms with Crippen LogP contribution in [0.15, 0.2) is 0 Å². The Hall–Kier alpha value is 1.08. The molecule has 0 aromatic rings. The van der Waals surface area contributed by atoms with Gasteiger partial charge < -0.3 is 0 Å². The fourth-order valence-corrected chi connectivity index (χ4v) is 2.65. The minimum Gasteiger partial charge on any atom is -0.292 e. The van der Waals surface area contributed by atoms with Gasteiger partial charge in [0.05, 0.1) is 0 Å². The fraction of sp³-hybridized carbons (Fsp3) is 0.600. The molecule has 1 rings (SSSR count). The minimum absolute atomic E-state index is 1.14. The second kappa shape index (κ2) is 3.03. The van der Waals surface area contributed by atoms with E-state index in [4.69, 9.17) is 69.6 Å². The number of Topliss-reactive ketones (excluding diaryl/α,β-unsaturated/α-hetero) is 2. The van der Waals surface area contributed by atoms with Gasteiger partial charge in [-0.15, -0.1) is 0 Å². The average molecular weight is 305 g/mol. The van der Waals surface area contributed by atoms with E-state index in [0.29, 0.717) is 0 Å². The van der Waals surface area contributed by atoms with Gasteiger partial charge in [0.15, 0.2) is 0 Å². The smallest absolute Gasteiger partial charge is 0.239 e. The number of carbonyl (C=O) groups excluding carboxylic acids is 2. The molecule has 0 spiro atoms. The molecule has 0 N–H and O–H groups in total. The molecule has 0 unspecified atom stereocenters. The van der Waals surface area contributed by atoms with Gasteiger partial charge in [0.2, 0.25) is 24.6 Å². The van der Waals surface area contributed by atoms with Crippen molar-refractivity contribution in [2.45, 2.75) is 13.0 Å². The molecule has 1 aliphatic carbocycles. The molecular formula is C5Cl6O2. The van der Waals surface area contributed by atoms with E-state index in [9.17, 15) is 9.59 Å². The normalized spacial score (nSPS) is 29.4. The molecular weight excluding hydrogens is 305 g/mol. The first kappa shape index (κ1) is 12.2. The van der Waals surface area contributed by atoms with E-state index >= 15 is 0 Å². The Labute approximate surface area is 103 Å². The van der Waals surface area contributed by atoms with Crippen molar-refractivity contribution in [3.8, 4) is 0 Å². The predicted octanol–water partition coefficient (Wildman–Crippen LogP) is 2.66. The lowest BCUT2D eigenvalue weighted by molar-refractivity contribution is -0.122. The van der Waals surface area contributed by atoms with Gasteiger partial charge in [-0.25, -0.2) is 0 Å². The largest absolute Gasteiger partial charge is 0.292 e. The van der Waals surface area contributed by atoms with Crippen molar-refractivity contribution < 1.29 is 9.59 Å². The Morgan fingerprint density at radius 2 is 0.923 bits per heavy atom. The van der Waals surface area contributed by atoms with E-state index in [1.165, 1.54) is 0 Å². The van der Waals surface area contributed by atoms with E-state index in [2.05, 4.69) is 0 Å². The highest BCUT2D eigenvalue weighted by Crippen LogP contribution is 2.56. The Morgan fingerprint density at radius 1 is 0.692 bits per heavy atom. The van der Waals surface area contributed by atoms with Crippen LogP contribution in [0.5, 0.6) is 0 Å². The molecule has 74 valence electrons. The van der Waals surface area contributed by atoms with Crippen LogP contribution in [0.1, 0.15) is 0 Å². The van der Waals surface area contributed by atoms with Crippen molar-refractivity contribution in [3.63, 3.8) is 0 Å². The molecule has 0 radical (unpaired) electrons. The molecule has 8 heteroatoms. The maximum absolute atomic E-state index is 11.3. The number of rotatable bonds is 0. The molecule has 1 saturated carbocycles. The van der Waals surface area contributed by atoms with Crippen molar-refractivity contribution in [3.05, 3.63) is 0 Å². The summed E-state index contributed by atoms with van der Waals surface area (Å²) in [6, 6.07) is 0. The Bertz CT molecular complexity index is 265. The van der Waals surface area contributed by atoms with Crippen LogP contribution in [0.4, 0.5) is 0 Å². The fourth-order valence-electron chi connectivity index (χ4n) is 0.783. The highest BCUT2D eigenvalue weighted by atomic mass is 35.5. The average Bonchev–Trinajstić information content (AvgIpc) is 2.05. The van der Waals surface area contributed by atoms with Crippen LogP contribution in [0.25, 0.3) is 0 Å². The number of ketones is 2. The first-order valence-electron chi connectivity index (χ1n) is 2.79. The van der Waals surface area contributed by atoms with E-state index in [1.807, 2.05) is 0 Å². The van der Waals surface area contributed by atoms with Gasteiger partial charge in [-0.2, -0.15) is 0 Å². The molecule has 1 aliphatic rings. The zero-order valence-electron chi connectivity index (χ0n) is 5.58. The summed E-state index contributed by atoms with van der Waals surface area (Å²) in [5.41, 5.74) is 0. The Morgan fingerprint density at radius 3 is 1.00 bits per heavy atom. The monoisotopic (exact) mass is 302 g/mol. The first-order valence-corrected chi connectivity index (χ1v) is 5.06. The molecule has 0 heterocycles. The summed E-state index contributed by atoms with van der Waals surface area (Å²) in [6.07, 6.45) is 0. The summed E-state index contributed by atoms with van der Waals surface area (Å²) in [5.74, 6) is -2.27. The number of alkyl halides is 6. The molecule has 0 aromatic heterocycles. The number of hydrogen-bond donors (Lipinski definition) is 0. The van der Waals surface area contributed by atoms with Gasteiger partial charge >= 0.3 is 0 Å². The summed E-state index contributed by atoms with van der Waals surface area (Å²) < 4.78 is -7.03. The number of hydrogen-bond acceptors (Lipinski definition) is 2. The second-order valence-electron chi connectivity index (χ2n) is 2.38. The zero-order valence-corrected chi connectivity index (χ0v) is 10.1. The summed E-state index contributed by atoms with van der Waals surface area (Å²) in [7, 11) is 0. The quantitative estimate of drug-likeness (QED) is 0.509. The van der Waals surface area contributed by atoms with Crippen LogP contribution < -0.4 is 0 Å². The van der Waals surface area contributed by atoms with Crippen LogP contribution in [0.2, 0.25) is 0 Å². The Balaban J connectivity index is 3.38. The van der Waals surface area contributed by atoms with Crippen molar-refractivity contribution in [2.24, 2.45) is 0 Å². The molecule has 2 nitrogen and oxygen atoms in total. The third-order valence-electron chi connectivity index (χ3n) is 1.54. The van der Waals surface area contributed by atoms with E-state index in [-0.39, 0.29) is 0 Å². The Kier molecular flexibility index (Phi) is 2.84. The van der Waals surface area contributed by atoms with Crippen molar-refractivity contribution in [1.29, 1.82) is 0 Å². The lowest BCUT2D eigenvalue weighted by atomic mass is 10.3. The topological polar surface area (TPSA) is 34.1 Å².